The van der Waals surface area contributed by atoms with Crippen molar-refractivity contribution in [2.24, 2.45) is 11.7 Å². The smallest absolute Gasteiger partial charge is 0.117 e. The summed E-state index contributed by atoms with van der Waals surface area (Å²) < 4.78 is 5.41. The van der Waals surface area contributed by atoms with E-state index in [1.807, 2.05) is 6.07 Å². The van der Waals surface area contributed by atoms with Gasteiger partial charge in [0.25, 0.3) is 0 Å². The Labute approximate surface area is 118 Å². The van der Waals surface area contributed by atoms with Gasteiger partial charge in [-0.15, -0.1) is 0 Å². The zero-order chi connectivity index (χ0) is 13.9. The average molecular weight is 266 g/mol. The number of hydrogen-bond donors (Lipinski definition) is 1. The van der Waals surface area contributed by atoms with Crippen LogP contribution in [0.25, 0.3) is 0 Å². The van der Waals surface area contributed by atoms with E-state index < -0.39 is 0 Å². The van der Waals surface area contributed by atoms with Crippen LogP contribution in [0.4, 0.5) is 0 Å². The molecule has 0 bridgehead atoms. The fourth-order valence-corrected chi connectivity index (χ4v) is 2.65. The first-order valence-electron chi connectivity index (χ1n) is 7.74. The summed E-state index contributed by atoms with van der Waals surface area (Å²) in [6.45, 7) is 8.47. The molecule has 0 saturated heterocycles. The van der Waals surface area contributed by atoms with Gasteiger partial charge in [-0.25, -0.2) is 0 Å². The molecule has 1 aromatic heterocycles. The van der Waals surface area contributed by atoms with Crippen LogP contribution < -0.4 is 5.73 Å². The summed E-state index contributed by atoms with van der Waals surface area (Å²) in [5, 5.41) is 0. The van der Waals surface area contributed by atoms with E-state index in [2.05, 4.69) is 24.8 Å². The molecule has 1 aromatic rings. The van der Waals surface area contributed by atoms with Crippen LogP contribution in [0, 0.1) is 5.92 Å². The molecule has 2 N–H and O–H groups in total. The maximum absolute atomic E-state index is 5.68. The van der Waals surface area contributed by atoms with Gasteiger partial charge in [0.15, 0.2) is 0 Å². The molecule has 0 aliphatic heterocycles. The molecule has 0 radical (unpaired) electrons. The number of rotatable bonds is 11. The summed E-state index contributed by atoms with van der Waals surface area (Å²) in [5.74, 6) is 1.88. The monoisotopic (exact) mass is 266 g/mol. The lowest BCUT2D eigenvalue weighted by atomic mass is 9.94. The van der Waals surface area contributed by atoms with Crippen LogP contribution >= 0.6 is 0 Å². The maximum atomic E-state index is 5.68. The van der Waals surface area contributed by atoms with Crippen molar-refractivity contribution in [3.8, 4) is 0 Å². The van der Waals surface area contributed by atoms with Crippen LogP contribution in [0.3, 0.4) is 0 Å². The second kappa shape index (κ2) is 10.0. The number of nitrogens with zero attached hydrogens (tertiary/aromatic N) is 1. The minimum absolute atomic E-state index is 0.817. The van der Waals surface area contributed by atoms with Gasteiger partial charge in [0.05, 0.1) is 12.8 Å². The zero-order valence-corrected chi connectivity index (χ0v) is 12.6. The van der Waals surface area contributed by atoms with Crippen molar-refractivity contribution in [2.75, 3.05) is 19.6 Å². The molecule has 3 nitrogen and oxygen atoms in total. The molecule has 0 saturated carbocycles. The Hall–Kier alpha value is -0.800. The normalized spacial score (nSPS) is 13.1. The first-order valence-corrected chi connectivity index (χ1v) is 7.74. The largest absolute Gasteiger partial charge is 0.468 e. The highest BCUT2D eigenvalue weighted by Gasteiger charge is 2.09. The Bertz CT molecular complexity index is 292. The highest BCUT2D eigenvalue weighted by molar-refractivity contribution is 4.97. The molecular formula is C16H30N2O. The van der Waals surface area contributed by atoms with Crippen LogP contribution in [0.15, 0.2) is 22.8 Å². The molecule has 1 atom stereocenters. The second-order valence-corrected chi connectivity index (χ2v) is 5.32. The van der Waals surface area contributed by atoms with Crippen molar-refractivity contribution < 1.29 is 4.42 Å². The molecule has 1 rings (SSSR count). The van der Waals surface area contributed by atoms with Crippen LogP contribution in [0.5, 0.6) is 0 Å². The maximum Gasteiger partial charge on any atom is 0.117 e. The Morgan fingerprint density at radius 2 is 2.11 bits per heavy atom. The third kappa shape index (κ3) is 6.79. The molecule has 0 fully saturated rings. The summed E-state index contributed by atoms with van der Waals surface area (Å²) in [6, 6.07) is 4.01. The predicted molar refractivity (Wildman–Crippen MR) is 81.0 cm³/mol. The lowest BCUT2D eigenvalue weighted by Gasteiger charge is -2.21. The predicted octanol–water partition coefficient (Wildman–Crippen LogP) is 3.65. The van der Waals surface area contributed by atoms with Crippen LogP contribution in [-0.4, -0.2) is 24.5 Å². The molecule has 0 aliphatic rings. The van der Waals surface area contributed by atoms with Gasteiger partial charge >= 0.3 is 0 Å². The van der Waals surface area contributed by atoms with Crippen molar-refractivity contribution in [3.05, 3.63) is 24.2 Å². The van der Waals surface area contributed by atoms with Crippen molar-refractivity contribution in [1.29, 1.82) is 0 Å². The van der Waals surface area contributed by atoms with E-state index in [1.165, 1.54) is 32.1 Å². The van der Waals surface area contributed by atoms with Gasteiger partial charge in [0.1, 0.15) is 5.76 Å². The Morgan fingerprint density at radius 3 is 2.68 bits per heavy atom. The Balaban J connectivity index is 2.24. The summed E-state index contributed by atoms with van der Waals surface area (Å²) in [7, 11) is 0. The third-order valence-electron chi connectivity index (χ3n) is 3.77. The Morgan fingerprint density at radius 1 is 1.26 bits per heavy atom. The van der Waals surface area contributed by atoms with E-state index in [0.29, 0.717) is 0 Å². The molecular weight excluding hydrogens is 236 g/mol. The summed E-state index contributed by atoms with van der Waals surface area (Å²) in [6.07, 6.45) is 8.09. The number of hydrogen-bond acceptors (Lipinski definition) is 3. The van der Waals surface area contributed by atoms with E-state index >= 15 is 0 Å². The van der Waals surface area contributed by atoms with Gasteiger partial charge in [0, 0.05) is 0 Å². The molecule has 19 heavy (non-hydrogen) atoms. The third-order valence-corrected chi connectivity index (χ3v) is 3.77. The van der Waals surface area contributed by atoms with Crippen LogP contribution in [0.1, 0.15) is 51.7 Å². The van der Waals surface area contributed by atoms with Crippen molar-refractivity contribution in [2.45, 2.75) is 52.5 Å². The van der Waals surface area contributed by atoms with Gasteiger partial charge < -0.3 is 10.2 Å². The van der Waals surface area contributed by atoms with Crippen molar-refractivity contribution in [1.82, 2.24) is 4.90 Å². The molecule has 1 unspecified atom stereocenters. The average Bonchev–Trinajstić information content (AvgIpc) is 2.91. The zero-order valence-electron chi connectivity index (χ0n) is 12.6. The fraction of sp³-hybridized carbons (Fsp3) is 0.750. The van der Waals surface area contributed by atoms with Gasteiger partial charge in [0.2, 0.25) is 0 Å². The molecule has 0 aliphatic carbocycles. The summed E-state index contributed by atoms with van der Waals surface area (Å²) >= 11 is 0. The highest BCUT2D eigenvalue weighted by Crippen LogP contribution is 2.17. The number of furan rings is 1. The van der Waals surface area contributed by atoms with Crippen LogP contribution in [0.2, 0.25) is 0 Å². The van der Waals surface area contributed by atoms with E-state index in [9.17, 15) is 0 Å². The number of nitrogens with two attached hydrogens (primary N) is 1. The topological polar surface area (TPSA) is 42.4 Å². The van der Waals surface area contributed by atoms with E-state index in [1.54, 1.807) is 6.26 Å². The van der Waals surface area contributed by atoms with Crippen molar-refractivity contribution in [3.63, 3.8) is 0 Å². The van der Waals surface area contributed by atoms with Gasteiger partial charge in [-0.05, 0) is 56.9 Å². The van der Waals surface area contributed by atoms with E-state index in [0.717, 1.165) is 37.9 Å². The summed E-state index contributed by atoms with van der Waals surface area (Å²) in [5.41, 5.74) is 5.68. The van der Waals surface area contributed by atoms with Gasteiger partial charge in [-0.2, -0.15) is 0 Å². The van der Waals surface area contributed by atoms with Gasteiger partial charge in [-0.1, -0.05) is 26.7 Å². The molecule has 0 amide bonds. The van der Waals surface area contributed by atoms with Crippen molar-refractivity contribution >= 4 is 0 Å². The first-order chi connectivity index (χ1) is 9.30. The Kier molecular flexibility index (Phi) is 8.59. The summed E-state index contributed by atoms with van der Waals surface area (Å²) in [4.78, 5) is 2.45. The lowest BCUT2D eigenvalue weighted by Crippen LogP contribution is -2.24. The van der Waals surface area contributed by atoms with Crippen LogP contribution in [-0.2, 0) is 6.54 Å². The minimum atomic E-state index is 0.817. The lowest BCUT2D eigenvalue weighted by molar-refractivity contribution is 0.241. The molecule has 0 spiro atoms. The molecule has 110 valence electrons. The molecule has 3 heteroatoms. The first kappa shape index (κ1) is 16.3. The minimum Gasteiger partial charge on any atom is -0.468 e. The fourth-order valence-electron chi connectivity index (χ4n) is 2.65. The second-order valence-electron chi connectivity index (χ2n) is 5.32. The molecule has 0 aromatic carbocycles. The van der Waals surface area contributed by atoms with Gasteiger partial charge in [-0.3, -0.25) is 4.90 Å². The SMILES string of the molecule is CCCC(CCN)CCCN(CC)Cc1ccco1. The molecule has 1 heterocycles. The standard InChI is InChI=1S/C16H30N2O/c1-3-7-15(10-11-17)8-5-12-18(4-2)14-16-9-6-13-19-16/h6,9,13,15H,3-5,7-8,10-12,14,17H2,1-2H3. The van der Waals surface area contributed by atoms with E-state index in [4.69, 9.17) is 10.2 Å². The van der Waals surface area contributed by atoms with E-state index in [-0.39, 0.29) is 0 Å². The quantitative estimate of drug-likeness (QED) is 0.665. The highest BCUT2D eigenvalue weighted by atomic mass is 16.3.